The van der Waals surface area contributed by atoms with E-state index in [1.54, 1.807) is 0 Å². The summed E-state index contributed by atoms with van der Waals surface area (Å²) in [6.07, 6.45) is -5.43. The summed E-state index contributed by atoms with van der Waals surface area (Å²) < 4.78 is 36.0. The first kappa shape index (κ1) is 10.3. The molecule has 6 heteroatoms. The average molecular weight is 197 g/mol. The van der Waals surface area contributed by atoms with Gasteiger partial charge in [-0.3, -0.25) is 4.79 Å². The largest absolute Gasteiger partial charge is 0.394 e. The van der Waals surface area contributed by atoms with Crippen LogP contribution in [0.25, 0.3) is 0 Å². The standard InChI is InChI=1S/C7H10F3NO2/c8-7(9,10)3-6(4-12)2-1-5(13)11-6/h12H,1-4H2,(H,11,13). The van der Waals surface area contributed by atoms with E-state index in [1.807, 2.05) is 0 Å². The van der Waals surface area contributed by atoms with E-state index in [0.717, 1.165) is 0 Å². The highest BCUT2D eigenvalue weighted by molar-refractivity contribution is 5.79. The van der Waals surface area contributed by atoms with Gasteiger partial charge < -0.3 is 10.4 Å². The molecule has 1 amide bonds. The summed E-state index contributed by atoms with van der Waals surface area (Å²) in [7, 11) is 0. The van der Waals surface area contributed by atoms with Crippen LogP contribution in [-0.4, -0.2) is 29.3 Å². The summed E-state index contributed by atoms with van der Waals surface area (Å²) >= 11 is 0. The number of carbonyl (C=O) groups excluding carboxylic acids is 1. The van der Waals surface area contributed by atoms with Crippen LogP contribution in [-0.2, 0) is 4.79 Å². The van der Waals surface area contributed by atoms with Gasteiger partial charge in [-0.25, -0.2) is 0 Å². The Balaban J connectivity index is 2.66. The van der Waals surface area contributed by atoms with E-state index in [0.29, 0.717) is 0 Å². The number of hydrogen-bond acceptors (Lipinski definition) is 2. The maximum absolute atomic E-state index is 12.0. The minimum Gasteiger partial charge on any atom is -0.394 e. The zero-order chi connectivity index (χ0) is 10.1. The Labute approximate surface area is 72.9 Å². The van der Waals surface area contributed by atoms with Crippen LogP contribution < -0.4 is 5.32 Å². The number of aliphatic hydroxyl groups excluding tert-OH is 1. The van der Waals surface area contributed by atoms with Gasteiger partial charge in [0.1, 0.15) is 0 Å². The van der Waals surface area contributed by atoms with Crippen molar-refractivity contribution in [2.75, 3.05) is 6.61 Å². The molecule has 1 aliphatic rings. The molecule has 0 bridgehead atoms. The van der Waals surface area contributed by atoms with Gasteiger partial charge in [0, 0.05) is 6.42 Å². The third-order valence-electron chi connectivity index (χ3n) is 2.08. The maximum atomic E-state index is 12.0. The van der Waals surface area contributed by atoms with Gasteiger partial charge in [-0.05, 0) is 6.42 Å². The molecule has 0 aromatic heterocycles. The van der Waals surface area contributed by atoms with Gasteiger partial charge in [0.25, 0.3) is 0 Å². The summed E-state index contributed by atoms with van der Waals surface area (Å²) in [6, 6.07) is 0. The van der Waals surface area contributed by atoms with Gasteiger partial charge in [-0.1, -0.05) is 0 Å². The zero-order valence-corrected chi connectivity index (χ0v) is 6.82. The second kappa shape index (κ2) is 3.17. The average Bonchev–Trinajstić information content (AvgIpc) is 2.29. The highest BCUT2D eigenvalue weighted by Crippen LogP contribution is 2.33. The molecule has 1 saturated heterocycles. The molecule has 0 aromatic carbocycles. The minimum absolute atomic E-state index is 0.0435. The van der Waals surface area contributed by atoms with E-state index in [2.05, 4.69) is 5.32 Å². The molecule has 2 N–H and O–H groups in total. The lowest BCUT2D eigenvalue weighted by Gasteiger charge is -2.27. The SMILES string of the molecule is O=C1CCC(CO)(CC(F)(F)F)N1. The molecule has 0 saturated carbocycles. The Hall–Kier alpha value is -0.780. The first-order valence-electron chi connectivity index (χ1n) is 3.86. The van der Waals surface area contributed by atoms with E-state index in [1.165, 1.54) is 0 Å². The molecule has 0 aliphatic carbocycles. The summed E-state index contributed by atoms with van der Waals surface area (Å²) in [5, 5.41) is 10.9. The number of amides is 1. The summed E-state index contributed by atoms with van der Waals surface area (Å²) in [6.45, 7) is -0.668. The van der Waals surface area contributed by atoms with Crippen molar-refractivity contribution in [1.29, 1.82) is 0 Å². The first-order chi connectivity index (χ1) is 5.87. The van der Waals surface area contributed by atoms with E-state index >= 15 is 0 Å². The van der Waals surface area contributed by atoms with Crippen LogP contribution in [0.4, 0.5) is 13.2 Å². The van der Waals surface area contributed by atoms with Gasteiger partial charge in [-0.15, -0.1) is 0 Å². The molecule has 0 aromatic rings. The molecule has 76 valence electrons. The third-order valence-corrected chi connectivity index (χ3v) is 2.08. The molecule has 3 nitrogen and oxygen atoms in total. The number of alkyl halides is 3. The predicted octanol–water partition coefficient (Wildman–Crippen LogP) is 0.580. The Morgan fingerprint density at radius 3 is 2.46 bits per heavy atom. The molecular weight excluding hydrogens is 187 g/mol. The van der Waals surface area contributed by atoms with Gasteiger partial charge in [0.05, 0.1) is 18.6 Å². The molecule has 1 atom stereocenters. The predicted molar refractivity (Wildman–Crippen MR) is 37.9 cm³/mol. The lowest BCUT2D eigenvalue weighted by atomic mass is 9.94. The number of nitrogens with one attached hydrogen (secondary N) is 1. The molecule has 0 radical (unpaired) electrons. The van der Waals surface area contributed by atoms with Crippen LogP contribution in [0.2, 0.25) is 0 Å². The summed E-state index contributed by atoms with van der Waals surface area (Å²) in [4.78, 5) is 10.7. The van der Waals surface area contributed by atoms with Crippen LogP contribution in [0.1, 0.15) is 19.3 Å². The monoisotopic (exact) mass is 197 g/mol. The van der Waals surface area contributed by atoms with Crippen LogP contribution in [0.15, 0.2) is 0 Å². The third kappa shape index (κ3) is 2.58. The molecule has 0 spiro atoms. The van der Waals surface area contributed by atoms with Gasteiger partial charge in [-0.2, -0.15) is 13.2 Å². The molecule has 1 rings (SSSR count). The molecule has 1 heterocycles. The van der Waals surface area contributed by atoms with Crippen molar-refractivity contribution in [3.8, 4) is 0 Å². The van der Waals surface area contributed by atoms with Crippen molar-refractivity contribution < 1.29 is 23.1 Å². The van der Waals surface area contributed by atoms with Crippen molar-refractivity contribution in [2.45, 2.75) is 31.0 Å². The molecule has 1 fully saturated rings. The minimum atomic E-state index is -4.36. The fourth-order valence-corrected chi connectivity index (χ4v) is 1.46. The highest BCUT2D eigenvalue weighted by Gasteiger charge is 2.46. The topological polar surface area (TPSA) is 49.3 Å². The lowest BCUT2D eigenvalue weighted by Crippen LogP contribution is -2.48. The normalized spacial score (nSPS) is 29.1. The summed E-state index contributed by atoms with van der Waals surface area (Å²) in [5.41, 5.74) is -1.48. The van der Waals surface area contributed by atoms with E-state index in [4.69, 9.17) is 5.11 Å². The van der Waals surface area contributed by atoms with Gasteiger partial charge in [0.2, 0.25) is 5.91 Å². The number of hydrogen-bond donors (Lipinski definition) is 2. The maximum Gasteiger partial charge on any atom is 0.391 e. The van der Waals surface area contributed by atoms with E-state index < -0.39 is 30.7 Å². The fraction of sp³-hybridized carbons (Fsp3) is 0.857. The summed E-state index contributed by atoms with van der Waals surface area (Å²) in [5.74, 6) is -0.432. The first-order valence-corrected chi connectivity index (χ1v) is 3.86. The smallest absolute Gasteiger partial charge is 0.391 e. The zero-order valence-electron chi connectivity index (χ0n) is 6.82. The molecule has 1 unspecified atom stereocenters. The Morgan fingerprint density at radius 1 is 1.54 bits per heavy atom. The molecule has 13 heavy (non-hydrogen) atoms. The van der Waals surface area contributed by atoms with Gasteiger partial charge in [0.15, 0.2) is 0 Å². The second-order valence-electron chi connectivity index (χ2n) is 3.28. The molecular formula is C7H10F3NO2. The van der Waals surface area contributed by atoms with Crippen LogP contribution in [0.5, 0.6) is 0 Å². The van der Waals surface area contributed by atoms with Crippen molar-refractivity contribution >= 4 is 5.91 Å². The van der Waals surface area contributed by atoms with Crippen LogP contribution in [0, 0.1) is 0 Å². The molecule has 1 aliphatic heterocycles. The second-order valence-corrected chi connectivity index (χ2v) is 3.28. The van der Waals surface area contributed by atoms with E-state index in [9.17, 15) is 18.0 Å². The van der Waals surface area contributed by atoms with Crippen LogP contribution >= 0.6 is 0 Å². The fourth-order valence-electron chi connectivity index (χ4n) is 1.46. The number of halogens is 3. The Bertz CT molecular complexity index is 216. The van der Waals surface area contributed by atoms with E-state index in [-0.39, 0.29) is 12.8 Å². The quantitative estimate of drug-likeness (QED) is 0.680. The number of aliphatic hydroxyl groups is 1. The Morgan fingerprint density at radius 2 is 2.15 bits per heavy atom. The van der Waals surface area contributed by atoms with Crippen molar-refractivity contribution in [3.63, 3.8) is 0 Å². The van der Waals surface area contributed by atoms with Crippen molar-refractivity contribution in [2.24, 2.45) is 0 Å². The van der Waals surface area contributed by atoms with Crippen LogP contribution in [0.3, 0.4) is 0 Å². The number of rotatable bonds is 2. The highest BCUT2D eigenvalue weighted by atomic mass is 19.4. The lowest BCUT2D eigenvalue weighted by molar-refractivity contribution is -0.153. The Kier molecular flexibility index (Phi) is 2.51. The number of carbonyl (C=O) groups is 1. The van der Waals surface area contributed by atoms with Crippen molar-refractivity contribution in [3.05, 3.63) is 0 Å². The van der Waals surface area contributed by atoms with Gasteiger partial charge >= 0.3 is 6.18 Å². The van der Waals surface area contributed by atoms with Crippen molar-refractivity contribution in [1.82, 2.24) is 5.32 Å².